The molecule has 0 fully saturated rings. The minimum Gasteiger partial charge on any atom is -0.507 e. The van der Waals surface area contributed by atoms with Crippen molar-refractivity contribution in [2.45, 2.75) is 6.61 Å². The molecule has 3 aromatic rings. The van der Waals surface area contributed by atoms with Crippen molar-refractivity contribution < 1.29 is 19.4 Å². The predicted octanol–water partition coefficient (Wildman–Crippen LogP) is 3.09. The Morgan fingerprint density at radius 1 is 1.00 bits per heavy atom. The molecule has 0 saturated heterocycles. The number of hydrazine groups is 1. The predicted molar refractivity (Wildman–Crippen MR) is 97.1 cm³/mol. The van der Waals surface area contributed by atoms with Crippen molar-refractivity contribution in [2.75, 3.05) is 0 Å². The molecule has 6 nitrogen and oxygen atoms in total. The summed E-state index contributed by atoms with van der Waals surface area (Å²) in [6.07, 6.45) is 0. The second-order valence-electron chi connectivity index (χ2n) is 5.68. The van der Waals surface area contributed by atoms with E-state index in [2.05, 4.69) is 10.9 Å². The topological polar surface area (TPSA) is 87.7 Å². The number of ether oxygens (including phenoxy) is 1. The van der Waals surface area contributed by atoms with Crippen LogP contribution in [-0.2, 0) is 6.61 Å². The Hall–Kier alpha value is -3.32. The first-order chi connectivity index (χ1) is 12.6. The number of para-hydroxylation sites is 2. The van der Waals surface area contributed by atoms with E-state index < -0.39 is 11.8 Å². The summed E-state index contributed by atoms with van der Waals surface area (Å²) in [5.74, 6) is -0.377. The number of aromatic hydroxyl groups is 1. The van der Waals surface area contributed by atoms with Crippen LogP contribution >= 0.6 is 11.3 Å². The van der Waals surface area contributed by atoms with E-state index in [4.69, 9.17) is 4.74 Å². The molecule has 2 amide bonds. The van der Waals surface area contributed by atoms with Crippen molar-refractivity contribution >= 4 is 23.2 Å². The number of rotatable bonds is 2. The molecule has 0 unspecified atom stereocenters. The van der Waals surface area contributed by atoms with E-state index in [0.29, 0.717) is 11.5 Å². The minimum atomic E-state index is -0.591. The molecule has 0 aliphatic carbocycles. The van der Waals surface area contributed by atoms with Crippen LogP contribution in [0.15, 0.2) is 54.6 Å². The molecule has 0 saturated carbocycles. The van der Waals surface area contributed by atoms with Crippen LogP contribution in [-0.4, -0.2) is 16.9 Å². The second kappa shape index (κ2) is 6.53. The van der Waals surface area contributed by atoms with E-state index in [1.54, 1.807) is 18.2 Å². The van der Waals surface area contributed by atoms with Gasteiger partial charge in [-0.05, 0) is 30.3 Å². The molecule has 3 N–H and O–H groups in total. The maximum absolute atomic E-state index is 12.4. The molecule has 1 aliphatic heterocycles. The van der Waals surface area contributed by atoms with E-state index in [1.165, 1.54) is 23.5 Å². The van der Waals surface area contributed by atoms with Gasteiger partial charge in [-0.15, -0.1) is 11.3 Å². The Labute approximate surface area is 153 Å². The molecule has 1 aromatic heterocycles. The largest absolute Gasteiger partial charge is 0.507 e. The maximum Gasteiger partial charge on any atom is 0.279 e. The Morgan fingerprint density at radius 3 is 2.58 bits per heavy atom. The van der Waals surface area contributed by atoms with Gasteiger partial charge in [0, 0.05) is 16.0 Å². The molecule has 4 rings (SSSR count). The lowest BCUT2D eigenvalue weighted by Gasteiger charge is -2.16. The first kappa shape index (κ1) is 16.2. The molecular weight excluding hydrogens is 352 g/mol. The number of phenols is 1. The van der Waals surface area contributed by atoms with Gasteiger partial charge in [0.25, 0.3) is 11.8 Å². The molecule has 0 radical (unpaired) electrons. The Kier molecular flexibility index (Phi) is 4.06. The van der Waals surface area contributed by atoms with Crippen LogP contribution in [0, 0.1) is 0 Å². The monoisotopic (exact) mass is 366 g/mol. The lowest BCUT2D eigenvalue weighted by Crippen LogP contribution is -2.41. The average molecular weight is 366 g/mol. The summed E-state index contributed by atoms with van der Waals surface area (Å²) in [5.41, 5.74) is 6.67. The van der Waals surface area contributed by atoms with E-state index in [-0.39, 0.29) is 11.3 Å². The highest BCUT2D eigenvalue weighted by molar-refractivity contribution is 7.17. The third-order valence-electron chi connectivity index (χ3n) is 3.99. The zero-order valence-corrected chi connectivity index (χ0v) is 14.3. The van der Waals surface area contributed by atoms with Crippen molar-refractivity contribution in [3.63, 3.8) is 0 Å². The summed E-state index contributed by atoms with van der Waals surface area (Å²) >= 11 is 1.34. The van der Waals surface area contributed by atoms with E-state index in [0.717, 1.165) is 21.8 Å². The first-order valence-electron chi connectivity index (χ1n) is 7.87. The van der Waals surface area contributed by atoms with Gasteiger partial charge in [0.05, 0.1) is 10.4 Å². The molecule has 26 heavy (non-hydrogen) atoms. The fourth-order valence-corrected chi connectivity index (χ4v) is 3.81. The summed E-state index contributed by atoms with van der Waals surface area (Å²) in [7, 11) is 0. The lowest BCUT2D eigenvalue weighted by molar-refractivity contribution is 0.0847. The number of fused-ring (bicyclic) bond motifs is 3. The van der Waals surface area contributed by atoms with Gasteiger partial charge < -0.3 is 9.84 Å². The van der Waals surface area contributed by atoms with Crippen molar-refractivity contribution in [3.8, 4) is 21.9 Å². The number of carbonyl (C=O) groups is 2. The number of phenolic OH excluding ortho intramolecular Hbond substituents is 1. The van der Waals surface area contributed by atoms with Crippen LogP contribution in [0.5, 0.6) is 11.5 Å². The van der Waals surface area contributed by atoms with Crippen molar-refractivity contribution in [1.82, 2.24) is 10.9 Å². The summed E-state index contributed by atoms with van der Waals surface area (Å²) in [6, 6.07) is 15.5. The SMILES string of the molecule is O=C(NNC(=O)c1ccccc1O)c1cc2c(s1)-c1ccccc1OC2. The van der Waals surface area contributed by atoms with E-state index >= 15 is 0 Å². The number of benzene rings is 2. The van der Waals surface area contributed by atoms with Crippen LogP contribution in [0.1, 0.15) is 25.6 Å². The molecule has 1 aliphatic rings. The van der Waals surface area contributed by atoms with E-state index in [9.17, 15) is 14.7 Å². The van der Waals surface area contributed by atoms with Crippen LogP contribution in [0.25, 0.3) is 10.4 Å². The van der Waals surface area contributed by atoms with Crippen LogP contribution in [0.3, 0.4) is 0 Å². The molecule has 0 bridgehead atoms. The average Bonchev–Trinajstić information content (AvgIpc) is 3.11. The van der Waals surface area contributed by atoms with Crippen molar-refractivity contribution in [1.29, 1.82) is 0 Å². The zero-order chi connectivity index (χ0) is 18.1. The second-order valence-corrected chi connectivity index (χ2v) is 6.73. The molecule has 2 aromatic carbocycles. The fourth-order valence-electron chi connectivity index (χ4n) is 2.72. The maximum atomic E-state index is 12.4. The third kappa shape index (κ3) is 2.89. The fraction of sp³-hybridized carbons (Fsp3) is 0.0526. The molecule has 7 heteroatoms. The van der Waals surface area contributed by atoms with Gasteiger partial charge in [-0.25, -0.2) is 0 Å². The van der Waals surface area contributed by atoms with Crippen molar-refractivity contribution in [2.24, 2.45) is 0 Å². The van der Waals surface area contributed by atoms with Gasteiger partial charge in [-0.1, -0.05) is 24.3 Å². The van der Waals surface area contributed by atoms with Gasteiger partial charge in [0.2, 0.25) is 0 Å². The number of thiophene rings is 1. The molecule has 0 spiro atoms. The quantitative estimate of drug-likeness (QED) is 0.608. The normalized spacial score (nSPS) is 11.7. The minimum absolute atomic E-state index is 0.0839. The number of hydrogen-bond donors (Lipinski definition) is 3. The summed E-state index contributed by atoms with van der Waals surface area (Å²) in [4.78, 5) is 25.9. The Bertz CT molecular complexity index is 1010. The number of hydrogen-bond acceptors (Lipinski definition) is 5. The molecule has 130 valence electrons. The Morgan fingerprint density at radius 2 is 1.73 bits per heavy atom. The van der Waals surface area contributed by atoms with Gasteiger partial charge >= 0.3 is 0 Å². The van der Waals surface area contributed by atoms with Gasteiger partial charge in [-0.2, -0.15) is 0 Å². The molecule has 2 heterocycles. The van der Waals surface area contributed by atoms with Gasteiger partial charge in [-0.3, -0.25) is 20.4 Å². The number of carbonyl (C=O) groups excluding carboxylic acids is 2. The standard InChI is InChI=1S/C19H14N2O4S/c22-14-7-3-1-5-12(14)18(23)20-21-19(24)16-9-11-10-25-15-8-4-2-6-13(15)17(11)26-16/h1-9,22H,10H2,(H,20,23)(H,21,24). The van der Waals surface area contributed by atoms with Gasteiger partial charge in [0.1, 0.15) is 18.1 Å². The van der Waals surface area contributed by atoms with Crippen LogP contribution in [0.2, 0.25) is 0 Å². The van der Waals surface area contributed by atoms with Gasteiger partial charge in [0.15, 0.2) is 0 Å². The lowest BCUT2D eigenvalue weighted by atomic mass is 10.1. The number of nitrogens with one attached hydrogen (secondary N) is 2. The first-order valence-corrected chi connectivity index (χ1v) is 8.69. The van der Waals surface area contributed by atoms with E-state index in [1.807, 2.05) is 24.3 Å². The Balaban J connectivity index is 1.50. The van der Waals surface area contributed by atoms with Crippen LogP contribution < -0.4 is 15.6 Å². The summed E-state index contributed by atoms with van der Waals surface area (Å²) in [5, 5.41) is 9.68. The summed E-state index contributed by atoms with van der Waals surface area (Å²) < 4.78 is 5.69. The van der Waals surface area contributed by atoms with Crippen molar-refractivity contribution in [3.05, 3.63) is 70.6 Å². The highest BCUT2D eigenvalue weighted by Crippen LogP contribution is 2.42. The smallest absolute Gasteiger partial charge is 0.279 e. The zero-order valence-electron chi connectivity index (χ0n) is 13.5. The highest BCUT2D eigenvalue weighted by Gasteiger charge is 2.22. The third-order valence-corrected chi connectivity index (χ3v) is 5.20. The summed E-state index contributed by atoms with van der Waals surface area (Å²) in [6.45, 7) is 0.403. The molecular formula is C19H14N2O4S. The molecule has 0 atom stereocenters. The highest BCUT2D eigenvalue weighted by atomic mass is 32.1. The number of amides is 2. The van der Waals surface area contributed by atoms with Crippen LogP contribution in [0.4, 0.5) is 0 Å².